The van der Waals surface area contributed by atoms with Crippen LogP contribution in [0.4, 0.5) is 4.39 Å². The Balaban J connectivity index is 2.38. The van der Waals surface area contributed by atoms with Crippen LogP contribution in [0.3, 0.4) is 0 Å². The van der Waals surface area contributed by atoms with Crippen LogP contribution < -0.4 is 5.73 Å². The maximum Gasteiger partial charge on any atom is 0.123 e. The van der Waals surface area contributed by atoms with Crippen LogP contribution in [0.15, 0.2) is 18.2 Å². The normalized spacial score (nSPS) is 25.3. The maximum atomic E-state index is 13.5. The molecule has 1 aliphatic heterocycles. The van der Waals surface area contributed by atoms with Crippen LogP contribution >= 0.6 is 0 Å². The zero-order valence-electron chi connectivity index (χ0n) is 11.0. The predicted molar refractivity (Wildman–Crippen MR) is 69.9 cm³/mol. The van der Waals surface area contributed by atoms with Crippen LogP contribution in [-0.4, -0.2) is 37.2 Å². The van der Waals surface area contributed by atoms with E-state index in [4.69, 9.17) is 10.5 Å². The molecule has 1 aromatic rings. The molecule has 1 aromatic carbocycles. The third-order valence-electron chi connectivity index (χ3n) is 3.65. The quantitative estimate of drug-likeness (QED) is 0.892. The lowest BCUT2D eigenvalue weighted by Crippen LogP contribution is -2.48. The Labute approximate surface area is 108 Å². The molecule has 18 heavy (non-hydrogen) atoms. The van der Waals surface area contributed by atoms with E-state index in [-0.39, 0.29) is 18.0 Å². The molecule has 1 fully saturated rings. The molecule has 1 aliphatic rings. The maximum absolute atomic E-state index is 13.5. The van der Waals surface area contributed by atoms with Crippen molar-refractivity contribution >= 4 is 0 Å². The first-order chi connectivity index (χ1) is 8.67. The van der Waals surface area contributed by atoms with Crippen molar-refractivity contribution in [2.45, 2.75) is 26.0 Å². The molecule has 0 saturated carbocycles. The molecule has 100 valence electrons. The van der Waals surface area contributed by atoms with Gasteiger partial charge in [0.15, 0.2) is 0 Å². The van der Waals surface area contributed by atoms with E-state index < -0.39 is 0 Å². The van der Waals surface area contributed by atoms with Crippen molar-refractivity contribution < 1.29 is 9.13 Å². The first-order valence-corrected chi connectivity index (χ1v) is 6.49. The van der Waals surface area contributed by atoms with Crippen LogP contribution in [-0.2, 0) is 4.74 Å². The summed E-state index contributed by atoms with van der Waals surface area (Å²) in [5.74, 6) is -0.201. The molecule has 2 atom stereocenters. The van der Waals surface area contributed by atoms with E-state index in [1.807, 2.05) is 13.0 Å². The molecule has 2 unspecified atom stereocenters. The van der Waals surface area contributed by atoms with E-state index in [9.17, 15) is 4.39 Å². The van der Waals surface area contributed by atoms with Gasteiger partial charge in [-0.2, -0.15) is 0 Å². The minimum atomic E-state index is -0.201. The first kappa shape index (κ1) is 13.5. The third kappa shape index (κ3) is 2.55. The van der Waals surface area contributed by atoms with Gasteiger partial charge in [0.2, 0.25) is 0 Å². The molecule has 2 N–H and O–H groups in total. The highest BCUT2D eigenvalue weighted by Gasteiger charge is 2.32. The molecule has 1 heterocycles. The number of nitrogens with zero attached hydrogens (tertiary/aromatic N) is 1. The molecule has 0 amide bonds. The Morgan fingerprint density at radius 3 is 2.94 bits per heavy atom. The third-order valence-corrected chi connectivity index (χ3v) is 3.65. The zero-order chi connectivity index (χ0) is 13.1. The lowest BCUT2D eigenvalue weighted by atomic mass is 9.94. The smallest absolute Gasteiger partial charge is 0.123 e. The number of aryl methyl sites for hydroxylation is 1. The second-order valence-corrected chi connectivity index (χ2v) is 4.72. The monoisotopic (exact) mass is 252 g/mol. The van der Waals surface area contributed by atoms with Gasteiger partial charge in [0.05, 0.1) is 18.8 Å². The number of halogens is 1. The fraction of sp³-hybridized carbons (Fsp3) is 0.571. The van der Waals surface area contributed by atoms with E-state index in [1.165, 1.54) is 6.07 Å². The Bertz CT molecular complexity index is 399. The number of morpholine rings is 1. The molecule has 1 saturated heterocycles. The number of nitrogens with two attached hydrogens (primary N) is 1. The SMILES string of the molecule is CCN1CCOC(CN)C1c1cc(F)ccc1C. The summed E-state index contributed by atoms with van der Waals surface area (Å²) in [6.45, 7) is 7.05. The Kier molecular flexibility index (Phi) is 4.32. The minimum absolute atomic E-state index is 0.0563. The van der Waals surface area contributed by atoms with E-state index >= 15 is 0 Å². The van der Waals surface area contributed by atoms with Gasteiger partial charge in [-0.15, -0.1) is 0 Å². The number of hydrogen-bond acceptors (Lipinski definition) is 3. The van der Waals surface area contributed by atoms with Gasteiger partial charge >= 0.3 is 0 Å². The lowest BCUT2D eigenvalue weighted by molar-refractivity contribution is -0.0660. The van der Waals surface area contributed by atoms with Crippen LogP contribution in [0, 0.1) is 12.7 Å². The van der Waals surface area contributed by atoms with Gasteiger partial charge in [-0.3, -0.25) is 4.90 Å². The summed E-state index contributed by atoms with van der Waals surface area (Å²) in [6.07, 6.45) is -0.0563. The fourth-order valence-corrected chi connectivity index (χ4v) is 2.67. The second-order valence-electron chi connectivity index (χ2n) is 4.72. The number of ether oxygens (including phenoxy) is 1. The molecule has 0 aliphatic carbocycles. The number of likely N-dealkylation sites (N-methyl/N-ethyl adjacent to an activating group) is 1. The molecular weight excluding hydrogens is 231 g/mol. The van der Waals surface area contributed by atoms with Gasteiger partial charge in [-0.05, 0) is 36.7 Å². The van der Waals surface area contributed by atoms with Crippen LogP contribution in [0.25, 0.3) is 0 Å². The molecule has 4 heteroatoms. The summed E-state index contributed by atoms with van der Waals surface area (Å²) < 4.78 is 19.2. The molecule has 3 nitrogen and oxygen atoms in total. The number of rotatable bonds is 3. The van der Waals surface area contributed by atoms with Crippen molar-refractivity contribution in [3.05, 3.63) is 35.1 Å². The largest absolute Gasteiger partial charge is 0.374 e. The Morgan fingerprint density at radius 1 is 1.50 bits per heavy atom. The highest BCUT2D eigenvalue weighted by Crippen LogP contribution is 2.31. The summed E-state index contributed by atoms with van der Waals surface area (Å²) in [7, 11) is 0. The first-order valence-electron chi connectivity index (χ1n) is 6.49. The minimum Gasteiger partial charge on any atom is -0.374 e. The average Bonchev–Trinajstić information content (AvgIpc) is 2.40. The van der Waals surface area contributed by atoms with Gasteiger partial charge in [0.25, 0.3) is 0 Å². The molecule has 0 aromatic heterocycles. The molecule has 2 rings (SSSR count). The van der Waals surface area contributed by atoms with Crippen molar-refractivity contribution in [2.75, 3.05) is 26.2 Å². The Morgan fingerprint density at radius 2 is 2.28 bits per heavy atom. The van der Waals surface area contributed by atoms with Gasteiger partial charge in [0.1, 0.15) is 5.82 Å². The van der Waals surface area contributed by atoms with Crippen LogP contribution in [0.1, 0.15) is 24.1 Å². The second kappa shape index (κ2) is 5.78. The van der Waals surface area contributed by atoms with Crippen molar-refractivity contribution in [2.24, 2.45) is 5.73 Å². The summed E-state index contributed by atoms with van der Waals surface area (Å²) in [5, 5.41) is 0. The highest BCUT2D eigenvalue weighted by molar-refractivity contribution is 5.31. The van der Waals surface area contributed by atoms with Crippen molar-refractivity contribution in [3.8, 4) is 0 Å². The predicted octanol–water partition coefficient (Wildman–Crippen LogP) is 1.85. The number of hydrogen-bond donors (Lipinski definition) is 1. The fourth-order valence-electron chi connectivity index (χ4n) is 2.67. The lowest BCUT2D eigenvalue weighted by Gasteiger charge is -2.41. The molecule has 0 bridgehead atoms. The summed E-state index contributed by atoms with van der Waals surface area (Å²) in [6, 6.07) is 4.99. The zero-order valence-corrected chi connectivity index (χ0v) is 11.0. The van der Waals surface area contributed by atoms with Gasteiger partial charge in [-0.25, -0.2) is 4.39 Å². The molecular formula is C14H21FN2O. The van der Waals surface area contributed by atoms with Crippen molar-refractivity contribution in [1.82, 2.24) is 4.90 Å². The average molecular weight is 252 g/mol. The van der Waals surface area contributed by atoms with Crippen molar-refractivity contribution in [1.29, 1.82) is 0 Å². The van der Waals surface area contributed by atoms with Crippen LogP contribution in [0.5, 0.6) is 0 Å². The van der Waals surface area contributed by atoms with E-state index in [1.54, 1.807) is 6.07 Å². The summed E-state index contributed by atoms with van der Waals surface area (Å²) >= 11 is 0. The van der Waals surface area contributed by atoms with E-state index in [0.29, 0.717) is 13.2 Å². The topological polar surface area (TPSA) is 38.5 Å². The number of benzene rings is 1. The van der Waals surface area contributed by atoms with E-state index in [2.05, 4.69) is 11.8 Å². The molecule has 0 radical (unpaired) electrons. The molecule has 0 spiro atoms. The van der Waals surface area contributed by atoms with Gasteiger partial charge in [0, 0.05) is 13.1 Å². The summed E-state index contributed by atoms with van der Waals surface area (Å²) in [5.41, 5.74) is 7.87. The standard InChI is InChI=1S/C14H21FN2O/c1-3-17-6-7-18-13(9-16)14(17)12-8-11(15)5-4-10(12)2/h4-5,8,13-14H,3,6-7,9,16H2,1-2H3. The van der Waals surface area contributed by atoms with E-state index in [0.717, 1.165) is 24.2 Å². The van der Waals surface area contributed by atoms with Gasteiger partial charge < -0.3 is 10.5 Å². The summed E-state index contributed by atoms with van der Waals surface area (Å²) in [4.78, 5) is 2.31. The van der Waals surface area contributed by atoms with Gasteiger partial charge in [-0.1, -0.05) is 13.0 Å². The van der Waals surface area contributed by atoms with Crippen molar-refractivity contribution in [3.63, 3.8) is 0 Å². The van der Waals surface area contributed by atoms with Crippen LogP contribution in [0.2, 0.25) is 0 Å². The Hall–Kier alpha value is -0.970. The highest BCUT2D eigenvalue weighted by atomic mass is 19.1.